The fourth-order valence-electron chi connectivity index (χ4n) is 2.14. The lowest BCUT2D eigenvalue weighted by Crippen LogP contribution is -2.33. The maximum atomic E-state index is 13.4. The number of nitrogens with zero attached hydrogens (tertiary/aromatic N) is 1. The maximum Gasteiger partial charge on any atom is 0.165 e. The largest absolute Gasteiger partial charge is 0.488 e. The monoisotopic (exact) mass is 367 g/mol. The van der Waals surface area contributed by atoms with Crippen LogP contribution in [0.3, 0.4) is 0 Å². The van der Waals surface area contributed by atoms with Crippen LogP contribution in [0.5, 0.6) is 5.75 Å². The summed E-state index contributed by atoms with van der Waals surface area (Å²) in [5.41, 5.74) is 1.15. The molecule has 2 aromatic rings. The van der Waals surface area contributed by atoms with E-state index in [-0.39, 0.29) is 12.4 Å². The van der Waals surface area contributed by atoms with Crippen LogP contribution in [-0.2, 0) is 6.54 Å². The molecule has 0 heterocycles. The van der Waals surface area contributed by atoms with E-state index in [0.717, 1.165) is 10.0 Å². The van der Waals surface area contributed by atoms with Gasteiger partial charge in [0.25, 0.3) is 0 Å². The van der Waals surface area contributed by atoms with Crippen LogP contribution in [0.25, 0.3) is 0 Å². The van der Waals surface area contributed by atoms with E-state index in [2.05, 4.69) is 15.9 Å². The second-order valence-electron chi connectivity index (χ2n) is 5.18. The molecular formula is C17H19BrFNO2. The molecule has 0 fully saturated rings. The van der Waals surface area contributed by atoms with Crippen molar-refractivity contribution in [1.82, 2.24) is 4.90 Å². The lowest BCUT2D eigenvalue weighted by molar-refractivity contribution is 0.0728. The summed E-state index contributed by atoms with van der Waals surface area (Å²) in [7, 11) is 1.92. The highest BCUT2D eigenvalue weighted by Gasteiger charge is 2.12. The van der Waals surface area contributed by atoms with Gasteiger partial charge >= 0.3 is 0 Å². The van der Waals surface area contributed by atoms with Crippen LogP contribution in [0, 0.1) is 5.82 Å². The molecule has 0 aromatic heterocycles. The Hall–Kier alpha value is -1.43. The summed E-state index contributed by atoms with van der Waals surface area (Å²) in [4.78, 5) is 2.00. The second kappa shape index (κ2) is 8.27. The number of hydrogen-bond acceptors (Lipinski definition) is 3. The highest BCUT2D eigenvalue weighted by Crippen LogP contribution is 2.18. The van der Waals surface area contributed by atoms with Gasteiger partial charge in [-0.25, -0.2) is 4.39 Å². The summed E-state index contributed by atoms with van der Waals surface area (Å²) in [6, 6.07) is 14.1. The number of aliphatic hydroxyl groups is 1. The molecule has 0 aliphatic heterocycles. The molecule has 0 bridgehead atoms. The number of halogens is 2. The van der Waals surface area contributed by atoms with Gasteiger partial charge in [0.1, 0.15) is 12.7 Å². The summed E-state index contributed by atoms with van der Waals surface area (Å²) in [6.45, 7) is 1.20. The average molecular weight is 368 g/mol. The molecule has 0 saturated carbocycles. The summed E-state index contributed by atoms with van der Waals surface area (Å²) in [5.74, 6) is -0.258. The van der Waals surface area contributed by atoms with Gasteiger partial charge in [-0.1, -0.05) is 46.3 Å². The summed E-state index contributed by atoms with van der Waals surface area (Å²) in [5, 5.41) is 10.0. The van der Waals surface area contributed by atoms with Gasteiger partial charge in [-0.2, -0.15) is 0 Å². The topological polar surface area (TPSA) is 32.7 Å². The molecule has 0 aliphatic carbocycles. The lowest BCUT2D eigenvalue weighted by Gasteiger charge is -2.21. The normalized spacial score (nSPS) is 12.4. The summed E-state index contributed by atoms with van der Waals surface area (Å²) >= 11 is 3.50. The smallest absolute Gasteiger partial charge is 0.165 e. The third-order valence-corrected chi connectivity index (χ3v) is 3.96. The van der Waals surface area contributed by atoms with Crippen molar-refractivity contribution in [2.45, 2.75) is 12.6 Å². The minimum Gasteiger partial charge on any atom is -0.488 e. The van der Waals surface area contributed by atoms with Crippen molar-refractivity contribution in [2.24, 2.45) is 0 Å². The zero-order chi connectivity index (χ0) is 15.9. The molecule has 0 aliphatic rings. The van der Waals surface area contributed by atoms with Gasteiger partial charge in [-0.3, -0.25) is 4.90 Å². The SMILES string of the molecule is CN(Cc1ccccc1Br)CC(O)COc1ccccc1F. The van der Waals surface area contributed by atoms with Crippen molar-refractivity contribution in [3.63, 3.8) is 0 Å². The van der Waals surface area contributed by atoms with Crippen molar-refractivity contribution in [1.29, 1.82) is 0 Å². The van der Waals surface area contributed by atoms with E-state index in [1.54, 1.807) is 18.2 Å². The van der Waals surface area contributed by atoms with Crippen LogP contribution in [-0.4, -0.2) is 36.3 Å². The maximum absolute atomic E-state index is 13.4. The van der Waals surface area contributed by atoms with E-state index in [9.17, 15) is 9.50 Å². The molecule has 0 spiro atoms. The van der Waals surface area contributed by atoms with Crippen molar-refractivity contribution >= 4 is 15.9 Å². The predicted octanol–water partition coefficient (Wildman–Crippen LogP) is 3.46. The van der Waals surface area contributed by atoms with Crippen molar-refractivity contribution in [3.05, 3.63) is 64.4 Å². The molecule has 2 aromatic carbocycles. The van der Waals surface area contributed by atoms with Crippen LogP contribution < -0.4 is 4.74 Å². The first-order valence-electron chi connectivity index (χ1n) is 7.03. The van der Waals surface area contributed by atoms with Crippen molar-refractivity contribution in [2.75, 3.05) is 20.2 Å². The van der Waals surface area contributed by atoms with Gasteiger partial charge in [-0.05, 0) is 30.8 Å². The molecular weight excluding hydrogens is 349 g/mol. The number of rotatable bonds is 7. The molecule has 0 radical (unpaired) electrons. The number of likely N-dealkylation sites (N-methyl/N-ethyl adjacent to an activating group) is 1. The first-order chi connectivity index (χ1) is 10.6. The number of ether oxygens (including phenoxy) is 1. The third-order valence-electron chi connectivity index (χ3n) is 3.19. The molecule has 0 saturated heterocycles. The molecule has 0 amide bonds. The van der Waals surface area contributed by atoms with Gasteiger partial charge < -0.3 is 9.84 Å². The van der Waals surface area contributed by atoms with Crippen LogP contribution >= 0.6 is 15.9 Å². The van der Waals surface area contributed by atoms with Gasteiger partial charge in [-0.15, -0.1) is 0 Å². The van der Waals surface area contributed by atoms with E-state index >= 15 is 0 Å². The van der Waals surface area contributed by atoms with E-state index in [1.165, 1.54) is 6.07 Å². The Balaban J connectivity index is 1.80. The summed E-state index contributed by atoms with van der Waals surface area (Å²) in [6.07, 6.45) is -0.688. The van der Waals surface area contributed by atoms with Crippen LogP contribution in [0.4, 0.5) is 4.39 Å². The first-order valence-corrected chi connectivity index (χ1v) is 7.83. The molecule has 1 atom stereocenters. The number of benzene rings is 2. The fourth-order valence-corrected chi connectivity index (χ4v) is 2.55. The fraction of sp³-hybridized carbons (Fsp3) is 0.294. The van der Waals surface area contributed by atoms with E-state index in [1.807, 2.05) is 36.2 Å². The van der Waals surface area contributed by atoms with E-state index in [4.69, 9.17) is 4.74 Å². The van der Waals surface area contributed by atoms with Crippen LogP contribution in [0.15, 0.2) is 53.0 Å². The van der Waals surface area contributed by atoms with Gasteiger partial charge in [0.2, 0.25) is 0 Å². The standard InChI is InChI=1S/C17H19BrFNO2/c1-20(10-13-6-2-3-7-15(13)18)11-14(21)12-22-17-9-5-4-8-16(17)19/h2-9,14,21H,10-12H2,1H3. The molecule has 1 unspecified atom stereocenters. The quantitative estimate of drug-likeness (QED) is 0.813. The molecule has 22 heavy (non-hydrogen) atoms. The van der Waals surface area contributed by atoms with Gasteiger partial charge in [0.15, 0.2) is 11.6 Å². The van der Waals surface area contributed by atoms with E-state index < -0.39 is 11.9 Å². The molecule has 118 valence electrons. The van der Waals surface area contributed by atoms with Crippen molar-refractivity contribution in [3.8, 4) is 5.75 Å². The van der Waals surface area contributed by atoms with E-state index in [0.29, 0.717) is 13.1 Å². The van der Waals surface area contributed by atoms with Crippen LogP contribution in [0.1, 0.15) is 5.56 Å². The Kier molecular flexibility index (Phi) is 6.36. The van der Waals surface area contributed by atoms with Crippen LogP contribution in [0.2, 0.25) is 0 Å². The zero-order valence-electron chi connectivity index (χ0n) is 12.4. The minimum absolute atomic E-state index is 0.0568. The Morgan fingerprint density at radius 1 is 1.18 bits per heavy atom. The Bertz CT molecular complexity index is 609. The summed E-state index contributed by atoms with van der Waals surface area (Å²) < 4.78 is 19.8. The van der Waals surface area contributed by atoms with Crippen molar-refractivity contribution < 1.29 is 14.2 Å². The predicted molar refractivity (Wildman–Crippen MR) is 88.4 cm³/mol. The highest BCUT2D eigenvalue weighted by molar-refractivity contribution is 9.10. The third kappa shape index (κ3) is 5.09. The minimum atomic E-state index is -0.688. The molecule has 5 heteroatoms. The lowest BCUT2D eigenvalue weighted by atomic mass is 10.2. The Labute approximate surface area is 138 Å². The Morgan fingerprint density at radius 3 is 2.59 bits per heavy atom. The Morgan fingerprint density at radius 2 is 1.86 bits per heavy atom. The highest BCUT2D eigenvalue weighted by atomic mass is 79.9. The average Bonchev–Trinajstić information content (AvgIpc) is 2.49. The first kappa shape index (κ1) is 16.9. The number of para-hydroxylation sites is 1. The van der Waals surface area contributed by atoms with Gasteiger partial charge in [0.05, 0.1) is 0 Å². The van der Waals surface area contributed by atoms with Gasteiger partial charge in [0, 0.05) is 17.6 Å². The number of aliphatic hydroxyl groups excluding tert-OH is 1. The molecule has 1 N–H and O–H groups in total. The zero-order valence-corrected chi connectivity index (χ0v) is 14.0. The number of hydrogen-bond donors (Lipinski definition) is 1. The molecule has 3 nitrogen and oxygen atoms in total. The second-order valence-corrected chi connectivity index (χ2v) is 6.04. The molecule has 2 rings (SSSR count).